The molecule has 0 amide bonds. The predicted octanol–water partition coefficient (Wildman–Crippen LogP) is 9.67. The molecule has 484 valence electrons. The Labute approximate surface area is 531 Å². The van der Waals surface area contributed by atoms with E-state index >= 15 is 0 Å². The molecule has 0 fully saturated rings. The maximum Gasteiger partial charge on any atom is 0.222 e. The van der Waals surface area contributed by atoms with Gasteiger partial charge in [0.25, 0.3) is 0 Å². The van der Waals surface area contributed by atoms with Crippen molar-refractivity contribution in [1.29, 1.82) is 0 Å². The van der Waals surface area contributed by atoms with Gasteiger partial charge in [-0.25, -0.2) is 28.4 Å². The molecular weight excluding hydrogens is 1170 g/mol. The number of pyridine rings is 4. The minimum absolute atomic E-state index is 0.0111. The zero-order valence-electron chi connectivity index (χ0n) is 52.9. The first-order valence-electron chi connectivity index (χ1n) is 31.1. The standard InChI is InChI=1S/C16H20N6.C16H25N5O2S.C16H23N5O2.C15H19N7/c1-2-3-6-12(11-7-4-9-18-11)20-15-14-13(8-5-10-19-14)21-16(17)22-15;1-4-5-8-16(2,9-11-24(3,22)23)21-14-13-12(7-6-10-18-13)19-15(17)20-14;1-2-3-6-11(13(23)8-5-10-22)19-15-14-12(7-4-9-18-14)20-16(17)21-15;1-2-3-5-10(11-7-9-18-22-11)19-14-13-12(6-4-8-17-13)20-15(16)21-14/h4-5,8-10,12H,2-3,6-7H2,1H3,(H3,17,20,21,22);6-7,10H,4-5,8-9,11H2,1-3H3,(H3,17,19,20,21);4,7,9,11,22H,2-3,5-6,8,10H2,1H3,(H3,17,19,20,21);4,6,8-10H,2-3,5,7H2,1H3,(H3,16,19,20,21)/t12-;16-;11-;10-/m1011/s1. The molecule has 10 rings (SSSR count). The van der Waals surface area contributed by atoms with Crippen molar-refractivity contribution in [2.75, 3.05) is 62.8 Å². The molecule has 0 spiro atoms. The highest BCUT2D eigenvalue weighted by molar-refractivity contribution is 7.90. The average Bonchev–Trinajstić information content (AvgIpc) is 1.18. The van der Waals surface area contributed by atoms with Crippen molar-refractivity contribution in [2.45, 2.75) is 167 Å². The first kappa shape index (κ1) is 69.2. The zero-order valence-corrected chi connectivity index (χ0v) is 53.7. The first-order chi connectivity index (χ1) is 43.9. The number of Topliss-reactive ketones (excluding diaryl/α,β-unsaturated/α-hetero) is 1. The number of nitrogens with one attached hydrogen (secondary N) is 4. The summed E-state index contributed by atoms with van der Waals surface area (Å²) in [6, 6.07) is 14.5. The Kier molecular flexibility index (Phi) is 26.3. The van der Waals surface area contributed by atoms with Crippen molar-refractivity contribution >= 4 is 124 Å². The van der Waals surface area contributed by atoms with E-state index in [2.05, 4.69) is 130 Å². The molecule has 2 aliphatic rings. The van der Waals surface area contributed by atoms with Gasteiger partial charge in [-0.15, -0.1) is 0 Å². The van der Waals surface area contributed by atoms with E-state index in [4.69, 9.17) is 28.0 Å². The molecule has 91 heavy (non-hydrogen) atoms. The zero-order chi connectivity index (χ0) is 65.2. The van der Waals surface area contributed by atoms with Crippen LogP contribution in [0, 0.1) is 0 Å². The number of aliphatic hydroxyl groups is 1. The molecular formula is C63H87N23O4S. The number of fused-ring (bicyclic) bond motifs is 4. The van der Waals surface area contributed by atoms with E-state index in [0.29, 0.717) is 71.0 Å². The van der Waals surface area contributed by atoms with Gasteiger partial charge in [0.2, 0.25) is 23.8 Å². The number of sulfone groups is 1. The second-order valence-electron chi connectivity index (χ2n) is 22.5. The number of nitrogens with two attached hydrogens (primary N) is 4. The van der Waals surface area contributed by atoms with Gasteiger partial charge < -0.3 is 49.3 Å². The van der Waals surface area contributed by atoms with Crippen LogP contribution in [0.4, 0.5) is 47.1 Å². The third kappa shape index (κ3) is 21.2. The van der Waals surface area contributed by atoms with E-state index in [-0.39, 0.29) is 60.1 Å². The molecule has 0 saturated carbocycles. The smallest absolute Gasteiger partial charge is 0.222 e. The highest BCUT2D eigenvalue weighted by atomic mass is 32.2. The van der Waals surface area contributed by atoms with Crippen LogP contribution in [0.2, 0.25) is 0 Å². The molecule has 28 heteroatoms. The van der Waals surface area contributed by atoms with Gasteiger partial charge in [-0.05, 0) is 94.0 Å². The molecule has 0 unspecified atom stereocenters. The quantitative estimate of drug-likeness (QED) is 0.0210. The second kappa shape index (κ2) is 34.6. The number of carbonyl (C=O) groups is 1. The third-order valence-electron chi connectivity index (χ3n) is 14.9. The number of aliphatic hydroxyl groups excluding tert-OH is 1. The summed E-state index contributed by atoms with van der Waals surface area (Å²) in [5.41, 5.74) is 30.4. The van der Waals surface area contributed by atoms with Crippen molar-refractivity contribution in [3.8, 4) is 0 Å². The lowest BCUT2D eigenvalue weighted by atomic mass is 9.92. The minimum atomic E-state index is -3.04. The minimum Gasteiger partial charge on any atom is -0.396 e. The number of aromatic nitrogens is 12. The van der Waals surface area contributed by atoms with Crippen LogP contribution in [0.1, 0.15) is 144 Å². The number of unbranched alkanes of at least 4 members (excludes halogenated alkanes) is 4. The van der Waals surface area contributed by atoms with E-state index in [0.717, 1.165) is 117 Å². The molecule has 8 aromatic rings. The molecule has 0 radical (unpaired) electrons. The summed E-state index contributed by atoms with van der Waals surface area (Å²) in [6.45, 7) is 10.6. The highest BCUT2D eigenvalue weighted by Crippen LogP contribution is 2.29. The van der Waals surface area contributed by atoms with E-state index in [9.17, 15) is 13.2 Å². The molecule has 2 aliphatic heterocycles. The normalized spacial score (nSPS) is 14.2. The lowest BCUT2D eigenvalue weighted by Crippen LogP contribution is -2.37. The molecule has 10 heterocycles. The second-order valence-corrected chi connectivity index (χ2v) is 24.7. The van der Waals surface area contributed by atoms with E-state index in [1.807, 2.05) is 49.7 Å². The fraction of sp³-hybridized carbons (Fsp3) is 0.460. The number of allylic oxidation sites excluding steroid dienone is 1. The molecule has 4 atom stereocenters. The molecule has 8 aromatic heterocycles. The Morgan fingerprint density at radius 1 is 0.571 bits per heavy atom. The fourth-order valence-corrected chi connectivity index (χ4v) is 10.9. The van der Waals surface area contributed by atoms with Crippen molar-refractivity contribution in [3.05, 3.63) is 85.6 Å². The average molecular weight is 1260 g/mol. The van der Waals surface area contributed by atoms with Crippen LogP contribution >= 0.6 is 0 Å². The Hall–Kier alpha value is -9.31. The van der Waals surface area contributed by atoms with Crippen LogP contribution in [-0.4, -0.2) is 139 Å². The maximum atomic E-state index is 12.4. The number of hydrogen-bond donors (Lipinski definition) is 9. The van der Waals surface area contributed by atoms with E-state index in [1.165, 1.54) is 6.26 Å². The summed E-state index contributed by atoms with van der Waals surface area (Å²) in [7, 11) is -3.04. The van der Waals surface area contributed by atoms with Crippen LogP contribution in [0.5, 0.6) is 0 Å². The SMILES string of the molecule is CCCC[C@@H](Nc1nc(N)nc2cccnc12)C(=O)CCCO.CCCC[C@@H](Nc1nc(N)nc2cccnc12)C1=NC=CC1.CCCC[C@@H](Nc1nc(N)nc2cccnc12)C1=NN=CC1.CCCC[C@@](C)(CCS(C)(=O)=O)Nc1nc(N)nc2cccnc12. The topological polar surface area (TPSA) is 415 Å². The van der Waals surface area contributed by atoms with Crippen molar-refractivity contribution < 1.29 is 18.3 Å². The summed E-state index contributed by atoms with van der Waals surface area (Å²) in [4.78, 5) is 68.1. The molecule has 0 aliphatic carbocycles. The summed E-state index contributed by atoms with van der Waals surface area (Å²) in [5, 5.41) is 30.6. The summed E-state index contributed by atoms with van der Waals surface area (Å²) in [6.07, 6.45) is 28.7. The number of hydrogen-bond acceptors (Lipinski definition) is 27. The number of nitrogen functional groups attached to an aromatic ring is 4. The number of aliphatic imine (C=N–C) groups is 1. The van der Waals surface area contributed by atoms with Gasteiger partial charge in [-0.3, -0.25) is 29.7 Å². The van der Waals surface area contributed by atoms with Crippen LogP contribution in [0.3, 0.4) is 0 Å². The number of carbonyl (C=O) groups excluding carboxylic acids is 1. The summed E-state index contributed by atoms with van der Waals surface area (Å²) >= 11 is 0. The Balaban J connectivity index is 0.000000172. The lowest BCUT2D eigenvalue weighted by Gasteiger charge is -2.31. The molecule has 27 nitrogen and oxygen atoms in total. The Morgan fingerprint density at radius 3 is 1.43 bits per heavy atom. The summed E-state index contributed by atoms with van der Waals surface area (Å²) < 4.78 is 23.2. The van der Waals surface area contributed by atoms with Gasteiger partial charge in [-0.1, -0.05) is 85.1 Å². The van der Waals surface area contributed by atoms with Gasteiger partial charge in [0.1, 0.15) is 31.9 Å². The van der Waals surface area contributed by atoms with Crippen LogP contribution in [0.15, 0.2) is 101 Å². The van der Waals surface area contributed by atoms with Gasteiger partial charge in [-0.2, -0.15) is 30.1 Å². The molecule has 0 bridgehead atoms. The van der Waals surface area contributed by atoms with E-state index in [1.54, 1.807) is 43.0 Å². The van der Waals surface area contributed by atoms with Gasteiger partial charge in [0.05, 0.1) is 51.7 Å². The lowest BCUT2D eigenvalue weighted by molar-refractivity contribution is -0.120. The predicted molar refractivity (Wildman–Crippen MR) is 367 cm³/mol. The first-order valence-corrected chi connectivity index (χ1v) is 33.2. The van der Waals surface area contributed by atoms with Gasteiger partial charge in [0, 0.05) is 80.6 Å². The van der Waals surface area contributed by atoms with Crippen LogP contribution in [0.25, 0.3) is 44.1 Å². The highest BCUT2D eigenvalue weighted by Gasteiger charge is 2.28. The number of rotatable bonds is 29. The molecule has 0 saturated heterocycles. The van der Waals surface area contributed by atoms with Gasteiger partial charge in [0.15, 0.2) is 29.1 Å². The van der Waals surface area contributed by atoms with Crippen molar-refractivity contribution in [3.63, 3.8) is 0 Å². The Bertz CT molecular complexity index is 3800. The molecule has 0 aromatic carbocycles. The Morgan fingerprint density at radius 2 is 1.01 bits per heavy atom. The number of anilines is 8. The number of nitrogens with zero attached hydrogens (tertiary/aromatic N) is 15. The monoisotopic (exact) mass is 1260 g/mol. The van der Waals surface area contributed by atoms with Crippen LogP contribution in [-0.2, 0) is 14.6 Å². The summed E-state index contributed by atoms with van der Waals surface area (Å²) in [5.74, 6) is 3.34. The molecule has 13 N–H and O–H groups in total. The fourth-order valence-electron chi connectivity index (χ4n) is 10.1. The third-order valence-corrected chi connectivity index (χ3v) is 15.8. The van der Waals surface area contributed by atoms with Crippen molar-refractivity contribution in [2.24, 2.45) is 15.2 Å². The largest absolute Gasteiger partial charge is 0.396 e. The maximum absolute atomic E-state index is 12.4. The van der Waals surface area contributed by atoms with Gasteiger partial charge >= 0.3 is 0 Å². The van der Waals surface area contributed by atoms with Crippen LogP contribution < -0.4 is 44.2 Å². The van der Waals surface area contributed by atoms with E-state index < -0.39 is 15.4 Å². The number of ketones is 1. The van der Waals surface area contributed by atoms with Crippen molar-refractivity contribution in [1.82, 2.24) is 59.8 Å².